The number of nitrogens with zero attached hydrogens (tertiary/aromatic N) is 1. The summed E-state index contributed by atoms with van der Waals surface area (Å²) in [4.78, 5) is 25.0. The fraction of sp³-hybridized carbons (Fsp3) is 0.474. The third-order valence-electron chi connectivity index (χ3n) is 4.40. The van der Waals surface area contributed by atoms with E-state index in [0.29, 0.717) is 12.2 Å². The van der Waals surface area contributed by atoms with Crippen molar-refractivity contribution in [3.05, 3.63) is 34.4 Å². The van der Waals surface area contributed by atoms with E-state index < -0.39 is 11.7 Å². The molecule has 0 aliphatic heterocycles. The fourth-order valence-electron chi connectivity index (χ4n) is 2.68. The summed E-state index contributed by atoms with van der Waals surface area (Å²) >= 11 is 3.45. The van der Waals surface area contributed by atoms with Gasteiger partial charge in [-0.25, -0.2) is 9.36 Å². The molecule has 0 bridgehead atoms. The number of aromatic nitrogens is 1. The van der Waals surface area contributed by atoms with Crippen LogP contribution in [-0.2, 0) is 16.1 Å². The molecule has 0 saturated heterocycles. The molecule has 1 aliphatic rings. The normalized spacial score (nSPS) is 15.9. The standard InChI is InChI=1S/C19H23BrN2O3/c1-18(2,3)25-17(24)22-14(11-21-16(23)19(4)7-8-19)9-12-5-6-13(20)10-15(12)22/h5-6,9-10H,7-8,11H2,1-4H3,(H,21,23). The van der Waals surface area contributed by atoms with Gasteiger partial charge in [-0.3, -0.25) is 4.79 Å². The number of carbonyl (C=O) groups excluding carboxylic acids is 2. The smallest absolute Gasteiger partial charge is 0.419 e. The van der Waals surface area contributed by atoms with E-state index in [1.807, 2.05) is 52.0 Å². The Kier molecular flexibility index (Phi) is 4.43. The lowest BCUT2D eigenvalue weighted by atomic mass is 10.1. The highest BCUT2D eigenvalue weighted by Crippen LogP contribution is 2.45. The third kappa shape index (κ3) is 3.89. The molecule has 2 aromatic rings. The van der Waals surface area contributed by atoms with Crippen molar-refractivity contribution < 1.29 is 14.3 Å². The quantitative estimate of drug-likeness (QED) is 0.809. The third-order valence-corrected chi connectivity index (χ3v) is 4.89. The Labute approximate surface area is 155 Å². The molecule has 1 fully saturated rings. The zero-order valence-corrected chi connectivity index (χ0v) is 16.6. The molecule has 1 amide bonds. The van der Waals surface area contributed by atoms with Crippen LogP contribution in [-0.4, -0.2) is 22.2 Å². The Morgan fingerprint density at radius 1 is 1.28 bits per heavy atom. The van der Waals surface area contributed by atoms with Crippen molar-refractivity contribution in [2.24, 2.45) is 5.41 Å². The second-order valence-corrected chi connectivity index (χ2v) is 8.81. The summed E-state index contributed by atoms with van der Waals surface area (Å²) < 4.78 is 7.97. The molecule has 1 aromatic heterocycles. The molecule has 0 atom stereocenters. The van der Waals surface area contributed by atoms with Crippen molar-refractivity contribution in [2.45, 2.75) is 52.7 Å². The zero-order valence-electron chi connectivity index (χ0n) is 15.0. The van der Waals surface area contributed by atoms with Gasteiger partial charge in [0, 0.05) is 21.0 Å². The van der Waals surface area contributed by atoms with Crippen molar-refractivity contribution in [1.29, 1.82) is 0 Å². The van der Waals surface area contributed by atoms with Gasteiger partial charge in [0.05, 0.1) is 12.1 Å². The Hall–Kier alpha value is -1.82. The van der Waals surface area contributed by atoms with E-state index in [1.54, 1.807) is 4.57 Å². The van der Waals surface area contributed by atoms with Crippen LogP contribution in [0.5, 0.6) is 0 Å². The number of fused-ring (bicyclic) bond motifs is 1. The van der Waals surface area contributed by atoms with Crippen LogP contribution in [0.25, 0.3) is 10.9 Å². The molecular weight excluding hydrogens is 384 g/mol. The summed E-state index contributed by atoms with van der Waals surface area (Å²) in [6, 6.07) is 7.66. The SMILES string of the molecule is CC(C)(C)OC(=O)n1c(CNC(=O)C2(C)CC2)cc2ccc(Br)cc21. The molecule has 1 saturated carbocycles. The number of halogens is 1. The second-order valence-electron chi connectivity index (χ2n) is 7.90. The van der Waals surface area contributed by atoms with Crippen molar-refractivity contribution in [1.82, 2.24) is 9.88 Å². The Morgan fingerprint density at radius 2 is 1.96 bits per heavy atom. The molecular formula is C19H23BrN2O3. The summed E-state index contributed by atoms with van der Waals surface area (Å²) in [5.74, 6) is 0.0367. The van der Waals surface area contributed by atoms with E-state index in [-0.39, 0.29) is 11.3 Å². The van der Waals surface area contributed by atoms with Crippen molar-refractivity contribution in [2.75, 3.05) is 0 Å². The average molecular weight is 407 g/mol. The topological polar surface area (TPSA) is 60.3 Å². The minimum atomic E-state index is -0.596. The first kappa shape index (κ1) is 18.0. The van der Waals surface area contributed by atoms with Crippen LogP contribution < -0.4 is 5.32 Å². The maximum absolute atomic E-state index is 12.7. The number of nitrogens with one attached hydrogen (secondary N) is 1. The minimum Gasteiger partial charge on any atom is -0.443 e. The second kappa shape index (κ2) is 6.16. The first-order chi connectivity index (χ1) is 11.6. The van der Waals surface area contributed by atoms with Gasteiger partial charge in [0.1, 0.15) is 5.60 Å². The maximum atomic E-state index is 12.7. The van der Waals surface area contributed by atoms with Crippen molar-refractivity contribution in [3.63, 3.8) is 0 Å². The lowest BCUT2D eigenvalue weighted by Crippen LogP contribution is -2.32. The summed E-state index contributed by atoms with van der Waals surface area (Å²) in [6.07, 6.45) is 1.39. The molecule has 134 valence electrons. The fourth-order valence-corrected chi connectivity index (χ4v) is 3.03. The molecule has 3 rings (SSSR count). The molecule has 0 radical (unpaired) electrons. The average Bonchev–Trinajstić information content (AvgIpc) is 3.13. The van der Waals surface area contributed by atoms with E-state index in [4.69, 9.17) is 4.74 Å². The molecule has 1 aromatic carbocycles. The number of benzene rings is 1. The van der Waals surface area contributed by atoms with Gasteiger partial charge in [-0.05, 0) is 51.8 Å². The first-order valence-corrected chi connectivity index (χ1v) is 9.20. The molecule has 6 heteroatoms. The van der Waals surface area contributed by atoms with Gasteiger partial charge in [0.15, 0.2) is 0 Å². The molecule has 5 nitrogen and oxygen atoms in total. The lowest BCUT2D eigenvalue weighted by Gasteiger charge is -2.21. The molecule has 1 aliphatic carbocycles. The summed E-state index contributed by atoms with van der Waals surface area (Å²) in [5.41, 5.74) is 0.624. The van der Waals surface area contributed by atoms with Crippen molar-refractivity contribution in [3.8, 4) is 0 Å². The highest BCUT2D eigenvalue weighted by molar-refractivity contribution is 9.10. The Balaban J connectivity index is 1.94. The van der Waals surface area contributed by atoms with Crippen LogP contribution >= 0.6 is 15.9 Å². The van der Waals surface area contributed by atoms with Crippen molar-refractivity contribution >= 4 is 38.8 Å². The molecule has 1 N–H and O–H groups in total. The number of carbonyl (C=O) groups is 2. The number of ether oxygens (including phenoxy) is 1. The Bertz CT molecular complexity index is 844. The first-order valence-electron chi connectivity index (χ1n) is 8.41. The molecule has 1 heterocycles. The highest BCUT2D eigenvalue weighted by atomic mass is 79.9. The van der Waals surface area contributed by atoms with E-state index in [1.165, 1.54) is 0 Å². The van der Waals surface area contributed by atoms with E-state index in [2.05, 4.69) is 21.2 Å². The van der Waals surface area contributed by atoms with Gasteiger partial charge in [-0.2, -0.15) is 0 Å². The molecule has 0 unspecified atom stereocenters. The maximum Gasteiger partial charge on any atom is 0.419 e. The van der Waals surface area contributed by atoms with Gasteiger partial charge >= 0.3 is 6.09 Å². The highest BCUT2D eigenvalue weighted by Gasteiger charge is 2.44. The largest absolute Gasteiger partial charge is 0.443 e. The zero-order chi connectivity index (χ0) is 18.4. The van der Waals surface area contributed by atoms with Crippen LogP contribution in [0.4, 0.5) is 4.79 Å². The van der Waals surface area contributed by atoms with E-state index in [0.717, 1.165) is 28.2 Å². The summed E-state index contributed by atoms with van der Waals surface area (Å²) in [5, 5.41) is 3.88. The Morgan fingerprint density at radius 3 is 2.56 bits per heavy atom. The number of hydrogen-bond acceptors (Lipinski definition) is 3. The van der Waals surface area contributed by atoms with Crippen LogP contribution in [0.1, 0.15) is 46.2 Å². The van der Waals surface area contributed by atoms with Gasteiger partial charge in [-0.1, -0.05) is 28.9 Å². The van der Waals surface area contributed by atoms with Crippen LogP contribution in [0.3, 0.4) is 0 Å². The minimum absolute atomic E-state index is 0.0367. The van der Waals surface area contributed by atoms with Gasteiger partial charge in [0.2, 0.25) is 5.91 Å². The predicted octanol–water partition coefficient (Wildman–Crippen LogP) is 4.60. The van der Waals surface area contributed by atoms with Crippen LogP contribution in [0.15, 0.2) is 28.7 Å². The lowest BCUT2D eigenvalue weighted by molar-refractivity contribution is -0.125. The molecule has 0 spiro atoms. The number of hydrogen-bond donors (Lipinski definition) is 1. The van der Waals surface area contributed by atoms with Crippen LogP contribution in [0.2, 0.25) is 0 Å². The number of amides is 1. The van der Waals surface area contributed by atoms with Gasteiger partial charge < -0.3 is 10.1 Å². The predicted molar refractivity (Wildman–Crippen MR) is 100 cm³/mol. The molecule has 25 heavy (non-hydrogen) atoms. The monoisotopic (exact) mass is 406 g/mol. The van der Waals surface area contributed by atoms with E-state index >= 15 is 0 Å². The summed E-state index contributed by atoms with van der Waals surface area (Å²) in [6.45, 7) is 7.76. The van der Waals surface area contributed by atoms with E-state index in [9.17, 15) is 9.59 Å². The van der Waals surface area contributed by atoms with Gasteiger partial charge in [-0.15, -0.1) is 0 Å². The van der Waals surface area contributed by atoms with Gasteiger partial charge in [0.25, 0.3) is 0 Å². The summed E-state index contributed by atoms with van der Waals surface area (Å²) in [7, 11) is 0. The number of rotatable bonds is 3. The van der Waals surface area contributed by atoms with Crippen LogP contribution in [0, 0.1) is 5.41 Å².